The molecule has 7 nitrogen and oxygen atoms in total. The highest BCUT2D eigenvalue weighted by molar-refractivity contribution is 5.87. The molecular formula is C17H32N2O5. The Morgan fingerprint density at radius 3 is 1.12 bits per heavy atom. The second kappa shape index (κ2) is 10.2. The summed E-state index contributed by atoms with van der Waals surface area (Å²) < 4.78 is 10.3. The molecule has 0 aromatic carbocycles. The first-order chi connectivity index (χ1) is 11.0. The minimum Gasteiger partial charge on any atom is -0.461 e. The lowest BCUT2D eigenvalue weighted by molar-refractivity contribution is -0.151. The molecule has 24 heavy (non-hydrogen) atoms. The summed E-state index contributed by atoms with van der Waals surface area (Å²) >= 11 is 0. The van der Waals surface area contributed by atoms with E-state index in [0.717, 1.165) is 0 Å². The Balaban J connectivity index is 4.91. The van der Waals surface area contributed by atoms with E-state index in [-0.39, 0.29) is 24.0 Å². The first kappa shape index (κ1) is 22.2. The Morgan fingerprint density at radius 2 is 0.917 bits per heavy atom. The molecular weight excluding hydrogens is 312 g/mol. The molecule has 0 saturated heterocycles. The van der Waals surface area contributed by atoms with E-state index in [1.807, 2.05) is 0 Å². The Kier molecular flexibility index (Phi) is 9.40. The molecule has 0 aromatic rings. The SMILES string of the molecule is CC(C)OC(=O)[C@@H](NC(=O)N[C@H](C(=O)OC(C)C)C(C)C)C(C)C. The van der Waals surface area contributed by atoms with Gasteiger partial charge in [-0.1, -0.05) is 27.7 Å². The zero-order chi connectivity index (χ0) is 19.0. The minimum absolute atomic E-state index is 0.151. The van der Waals surface area contributed by atoms with E-state index in [1.54, 1.807) is 55.4 Å². The fraction of sp³-hybridized carbons (Fsp3) is 0.824. The zero-order valence-electron chi connectivity index (χ0n) is 16.0. The number of urea groups is 1. The minimum atomic E-state index is -0.790. The van der Waals surface area contributed by atoms with Gasteiger partial charge in [0.15, 0.2) is 0 Å². The largest absolute Gasteiger partial charge is 0.461 e. The maximum atomic E-state index is 12.2. The number of carbonyl (C=O) groups excluding carboxylic acids is 3. The third-order valence-electron chi connectivity index (χ3n) is 3.12. The van der Waals surface area contributed by atoms with E-state index in [4.69, 9.17) is 9.47 Å². The molecule has 0 aliphatic heterocycles. The van der Waals surface area contributed by atoms with Crippen LogP contribution in [0.15, 0.2) is 0 Å². The van der Waals surface area contributed by atoms with Gasteiger partial charge in [-0.05, 0) is 39.5 Å². The van der Waals surface area contributed by atoms with Crippen LogP contribution in [0.4, 0.5) is 4.79 Å². The van der Waals surface area contributed by atoms with E-state index in [9.17, 15) is 14.4 Å². The van der Waals surface area contributed by atoms with Crippen LogP contribution in [-0.4, -0.2) is 42.3 Å². The van der Waals surface area contributed by atoms with Crippen LogP contribution < -0.4 is 10.6 Å². The van der Waals surface area contributed by atoms with Gasteiger partial charge in [0.2, 0.25) is 0 Å². The van der Waals surface area contributed by atoms with E-state index >= 15 is 0 Å². The second-order valence-electron chi connectivity index (χ2n) is 7.03. The fourth-order valence-electron chi connectivity index (χ4n) is 1.93. The molecule has 0 spiro atoms. The first-order valence-electron chi connectivity index (χ1n) is 8.43. The number of carbonyl (C=O) groups is 3. The molecule has 0 aliphatic carbocycles. The number of nitrogens with one attached hydrogen (secondary N) is 2. The van der Waals surface area contributed by atoms with Crippen LogP contribution in [0.25, 0.3) is 0 Å². The van der Waals surface area contributed by atoms with Crippen molar-refractivity contribution in [3.8, 4) is 0 Å². The topological polar surface area (TPSA) is 93.7 Å². The summed E-state index contributed by atoms with van der Waals surface area (Å²) in [5.74, 6) is -1.30. The smallest absolute Gasteiger partial charge is 0.329 e. The van der Waals surface area contributed by atoms with Crippen LogP contribution in [0.1, 0.15) is 55.4 Å². The summed E-state index contributed by atoms with van der Waals surface area (Å²) in [5, 5.41) is 5.17. The van der Waals surface area contributed by atoms with E-state index in [0.29, 0.717) is 0 Å². The third-order valence-corrected chi connectivity index (χ3v) is 3.12. The Hall–Kier alpha value is -1.79. The van der Waals surface area contributed by atoms with Crippen molar-refractivity contribution in [3.05, 3.63) is 0 Å². The zero-order valence-corrected chi connectivity index (χ0v) is 16.0. The molecule has 140 valence electrons. The quantitative estimate of drug-likeness (QED) is 0.659. The lowest BCUT2D eigenvalue weighted by atomic mass is 10.0. The van der Waals surface area contributed by atoms with Crippen molar-refractivity contribution >= 4 is 18.0 Å². The molecule has 2 amide bonds. The molecule has 0 saturated carbocycles. The van der Waals surface area contributed by atoms with Gasteiger partial charge in [-0.15, -0.1) is 0 Å². The van der Waals surface area contributed by atoms with Crippen molar-refractivity contribution in [1.29, 1.82) is 0 Å². The standard InChI is InChI=1S/C17H32N2O5/c1-9(2)13(15(20)23-11(5)6)18-17(22)19-14(10(3)4)16(21)24-12(7)8/h9-14H,1-8H3,(H2,18,19,22)/t13-,14-/m0/s1. The fourth-order valence-corrected chi connectivity index (χ4v) is 1.93. The van der Waals surface area contributed by atoms with Crippen molar-refractivity contribution in [1.82, 2.24) is 10.6 Å². The van der Waals surface area contributed by atoms with Crippen LogP contribution in [0.2, 0.25) is 0 Å². The van der Waals surface area contributed by atoms with Crippen molar-refractivity contribution in [2.45, 2.75) is 79.7 Å². The average Bonchev–Trinajstić information content (AvgIpc) is 2.39. The summed E-state index contributed by atoms with van der Waals surface area (Å²) in [6.07, 6.45) is -0.541. The monoisotopic (exact) mass is 344 g/mol. The summed E-state index contributed by atoms with van der Waals surface area (Å²) in [6, 6.07) is -2.18. The number of rotatable bonds is 8. The number of esters is 2. The van der Waals surface area contributed by atoms with Gasteiger partial charge in [0.25, 0.3) is 0 Å². The summed E-state index contributed by atoms with van der Waals surface area (Å²) in [4.78, 5) is 36.4. The molecule has 0 bridgehead atoms. The highest BCUT2D eigenvalue weighted by Crippen LogP contribution is 2.08. The lowest BCUT2D eigenvalue weighted by Gasteiger charge is -2.25. The van der Waals surface area contributed by atoms with Gasteiger partial charge < -0.3 is 20.1 Å². The van der Waals surface area contributed by atoms with Gasteiger partial charge in [-0.25, -0.2) is 14.4 Å². The predicted molar refractivity (Wildman–Crippen MR) is 91.4 cm³/mol. The molecule has 0 fully saturated rings. The summed E-state index contributed by atoms with van der Waals surface area (Å²) in [5.41, 5.74) is 0. The molecule has 0 aromatic heterocycles. The maximum Gasteiger partial charge on any atom is 0.329 e. The molecule has 0 radical (unpaired) electrons. The molecule has 7 heteroatoms. The maximum absolute atomic E-state index is 12.2. The average molecular weight is 344 g/mol. The summed E-state index contributed by atoms with van der Waals surface area (Å²) in [7, 11) is 0. The number of hydrogen-bond donors (Lipinski definition) is 2. The van der Waals surface area contributed by atoms with Crippen molar-refractivity contribution < 1.29 is 23.9 Å². The van der Waals surface area contributed by atoms with E-state index in [2.05, 4.69) is 10.6 Å². The Morgan fingerprint density at radius 1 is 0.625 bits per heavy atom. The van der Waals surface area contributed by atoms with Gasteiger partial charge in [-0.2, -0.15) is 0 Å². The first-order valence-corrected chi connectivity index (χ1v) is 8.43. The van der Waals surface area contributed by atoms with Crippen LogP contribution in [0, 0.1) is 11.8 Å². The summed E-state index contributed by atoms with van der Waals surface area (Å²) in [6.45, 7) is 14.2. The third kappa shape index (κ3) is 8.17. The van der Waals surface area contributed by atoms with Crippen LogP contribution >= 0.6 is 0 Å². The van der Waals surface area contributed by atoms with Gasteiger partial charge in [-0.3, -0.25) is 0 Å². The Labute approximate surface area is 144 Å². The van der Waals surface area contributed by atoms with Gasteiger partial charge in [0.05, 0.1) is 12.2 Å². The van der Waals surface area contributed by atoms with Crippen LogP contribution in [-0.2, 0) is 19.1 Å². The van der Waals surface area contributed by atoms with Crippen LogP contribution in [0.3, 0.4) is 0 Å². The number of ether oxygens (including phenoxy) is 2. The number of amides is 2. The molecule has 0 unspecified atom stereocenters. The molecule has 0 heterocycles. The van der Waals surface area contributed by atoms with Crippen molar-refractivity contribution in [2.24, 2.45) is 11.8 Å². The predicted octanol–water partition coefficient (Wildman–Crippen LogP) is 2.24. The molecule has 0 rings (SSSR count). The lowest BCUT2D eigenvalue weighted by Crippen LogP contribution is -2.55. The highest BCUT2D eigenvalue weighted by atomic mass is 16.5. The van der Waals surface area contributed by atoms with Crippen molar-refractivity contribution in [2.75, 3.05) is 0 Å². The van der Waals surface area contributed by atoms with E-state index in [1.165, 1.54) is 0 Å². The Bertz CT molecular complexity index is 395. The van der Waals surface area contributed by atoms with E-state index < -0.39 is 30.1 Å². The van der Waals surface area contributed by atoms with Crippen molar-refractivity contribution in [3.63, 3.8) is 0 Å². The normalized spacial score (nSPS) is 13.8. The highest BCUT2D eigenvalue weighted by Gasteiger charge is 2.30. The molecule has 2 N–H and O–H groups in total. The molecule has 0 aliphatic rings. The van der Waals surface area contributed by atoms with Gasteiger partial charge in [0, 0.05) is 0 Å². The van der Waals surface area contributed by atoms with Gasteiger partial charge >= 0.3 is 18.0 Å². The van der Waals surface area contributed by atoms with Crippen LogP contribution in [0.5, 0.6) is 0 Å². The van der Waals surface area contributed by atoms with Gasteiger partial charge in [0.1, 0.15) is 12.1 Å². The number of hydrogen-bond acceptors (Lipinski definition) is 5. The molecule has 2 atom stereocenters. The second-order valence-corrected chi connectivity index (χ2v) is 7.03.